The van der Waals surface area contributed by atoms with Crippen LogP contribution < -0.4 is 5.73 Å². The Morgan fingerprint density at radius 2 is 1.93 bits per heavy atom. The molecule has 0 heterocycles. The molecule has 4 heteroatoms. The van der Waals surface area contributed by atoms with Crippen LogP contribution in [-0.2, 0) is 11.2 Å². The fourth-order valence-corrected chi connectivity index (χ4v) is 1.15. The molecule has 4 N–H and O–H groups in total. The summed E-state index contributed by atoms with van der Waals surface area (Å²) in [5.41, 5.74) is 6.13. The zero-order chi connectivity index (χ0) is 10.6. The van der Waals surface area contributed by atoms with Gasteiger partial charge in [0.05, 0.1) is 6.10 Å². The fraction of sp³-hybridized carbons (Fsp3) is 0.300. The molecule has 0 fully saturated rings. The van der Waals surface area contributed by atoms with Crippen molar-refractivity contribution in [3.05, 3.63) is 35.9 Å². The van der Waals surface area contributed by atoms with Gasteiger partial charge in [-0.1, -0.05) is 30.3 Å². The Kier molecular flexibility index (Phi) is 3.62. The molecule has 0 amide bonds. The second-order valence-corrected chi connectivity index (χ2v) is 3.12. The highest BCUT2D eigenvalue weighted by atomic mass is 16.4. The van der Waals surface area contributed by atoms with Gasteiger partial charge >= 0.3 is 5.97 Å². The van der Waals surface area contributed by atoms with Crippen LogP contribution in [0.3, 0.4) is 0 Å². The number of carboxylic acid groups (broad SMARTS) is 1. The molecule has 0 aromatic heterocycles. The van der Waals surface area contributed by atoms with Crippen LogP contribution >= 0.6 is 0 Å². The number of nitrogens with two attached hydrogens (primary N) is 1. The van der Waals surface area contributed by atoms with Gasteiger partial charge in [0, 0.05) is 6.42 Å². The molecule has 1 rings (SSSR count). The number of aliphatic carboxylic acids is 1. The van der Waals surface area contributed by atoms with E-state index in [1.165, 1.54) is 0 Å². The number of aliphatic hydroxyl groups is 1. The van der Waals surface area contributed by atoms with E-state index in [1.54, 1.807) is 0 Å². The van der Waals surface area contributed by atoms with E-state index in [0.29, 0.717) is 0 Å². The molecule has 0 aliphatic carbocycles. The highest BCUT2D eigenvalue weighted by molar-refractivity contribution is 5.73. The summed E-state index contributed by atoms with van der Waals surface area (Å²) in [5, 5.41) is 18.0. The highest BCUT2D eigenvalue weighted by Crippen LogP contribution is 2.04. The van der Waals surface area contributed by atoms with E-state index in [4.69, 9.17) is 10.8 Å². The first-order valence-corrected chi connectivity index (χ1v) is 4.31. The van der Waals surface area contributed by atoms with E-state index >= 15 is 0 Å². The minimum absolute atomic E-state index is 0.258. The molecule has 2 atom stereocenters. The Morgan fingerprint density at radius 1 is 1.36 bits per heavy atom. The van der Waals surface area contributed by atoms with E-state index in [-0.39, 0.29) is 6.42 Å². The second kappa shape index (κ2) is 4.74. The number of hydrogen-bond donors (Lipinski definition) is 3. The average molecular weight is 195 g/mol. The van der Waals surface area contributed by atoms with Crippen LogP contribution in [0, 0.1) is 0 Å². The summed E-state index contributed by atoms with van der Waals surface area (Å²) in [6.45, 7) is 0. The van der Waals surface area contributed by atoms with Gasteiger partial charge in [0.1, 0.15) is 6.04 Å². The normalized spacial score (nSPS) is 14.7. The van der Waals surface area contributed by atoms with Gasteiger partial charge in [-0.05, 0) is 5.56 Å². The van der Waals surface area contributed by atoms with Crippen molar-refractivity contribution in [2.75, 3.05) is 0 Å². The second-order valence-electron chi connectivity index (χ2n) is 3.12. The van der Waals surface area contributed by atoms with Gasteiger partial charge in [-0.15, -0.1) is 0 Å². The first-order valence-electron chi connectivity index (χ1n) is 4.31. The molecule has 0 unspecified atom stereocenters. The zero-order valence-corrected chi connectivity index (χ0v) is 7.63. The van der Waals surface area contributed by atoms with Crippen LogP contribution in [0.5, 0.6) is 0 Å². The molecular formula is C10H13NO3. The smallest absolute Gasteiger partial charge is 0.323 e. The SMILES string of the molecule is N[C@@H](C(=O)O)[C@H](O)Cc1ccccc1. The number of carbonyl (C=O) groups is 1. The number of rotatable bonds is 4. The van der Waals surface area contributed by atoms with Crippen molar-refractivity contribution < 1.29 is 15.0 Å². The summed E-state index contributed by atoms with van der Waals surface area (Å²) in [6, 6.07) is 7.92. The molecular weight excluding hydrogens is 182 g/mol. The Morgan fingerprint density at radius 3 is 2.43 bits per heavy atom. The molecule has 1 aromatic rings. The van der Waals surface area contributed by atoms with Crippen LogP contribution in [0.15, 0.2) is 30.3 Å². The van der Waals surface area contributed by atoms with Crippen LogP contribution in [0.1, 0.15) is 5.56 Å². The third kappa shape index (κ3) is 2.83. The summed E-state index contributed by atoms with van der Waals surface area (Å²) < 4.78 is 0. The largest absolute Gasteiger partial charge is 0.480 e. The Bertz CT molecular complexity index is 299. The first-order chi connectivity index (χ1) is 6.61. The van der Waals surface area contributed by atoms with Crippen molar-refractivity contribution >= 4 is 5.97 Å². The molecule has 4 nitrogen and oxygen atoms in total. The summed E-state index contributed by atoms with van der Waals surface area (Å²) in [5.74, 6) is -1.19. The molecule has 1 aromatic carbocycles. The molecule has 0 bridgehead atoms. The van der Waals surface area contributed by atoms with Crippen LogP contribution in [-0.4, -0.2) is 28.3 Å². The van der Waals surface area contributed by atoms with Crippen LogP contribution in [0.4, 0.5) is 0 Å². The predicted octanol–water partition coefficient (Wildman–Crippen LogP) is 0.00190. The zero-order valence-electron chi connectivity index (χ0n) is 7.63. The molecule has 0 saturated heterocycles. The lowest BCUT2D eigenvalue weighted by molar-refractivity contribution is -0.141. The minimum atomic E-state index is -1.23. The van der Waals surface area contributed by atoms with Crippen molar-refractivity contribution in [2.45, 2.75) is 18.6 Å². The number of hydrogen-bond acceptors (Lipinski definition) is 3. The van der Waals surface area contributed by atoms with Crippen molar-refractivity contribution in [2.24, 2.45) is 5.73 Å². The Labute approximate surface area is 82.0 Å². The van der Waals surface area contributed by atoms with E-state index in [2.05, 4.69) is 0 Å². The molecule has 76 valence electrons. The summed E-state index contributed by atoms with van der Waals surface area (Å²) in [7, 11) is 0. The molecule has 14 heavy (non-hydrogen) atoms. The van der Waals surface area contributed by atoms with Crippen molar-refractivity contribution in [3.8, 4) is 0 Å². The van der Waals surface area contributed by atoms with Gasteiger partial charge in [0.15, 0.2) is 0 Å². The van der Waals surface area contributed by atoms with Crippen LogP contribution in [0.2, 0.25) is 0 Å². The lowest BCUT2D eigenvalue weighted by Crippen LogP contribution is -2.42. The summed E-state index contributed by atoms with van der Waals surface area (Å²) >= 11 is 0. The summed E-state index contributed by atoms with van der Waals surface area (Å²) in [6.07, 6.45) is -0.788. The topological polar surface area (TPSA) is 83.6 Å². The minimum Gasteiger partial charge on any atom is -0.480 e. The van der Waals surface area contributed by atoms with Gasteiger partial charge in [-0.2, -0.15) is 0 Å². The molecule has 0 radical (unpaired) electrons. The van der Waals surface area contributed by atoms with Gasteiger partial charge in [-0.25, -0.2) is 0 Å². The van der Waals surface area contributed by atoms with E-state index < -0.39 is 18.1 Å². The lowest BCUT2D eigenvalue weighted by Gasteiger charge is -2.14. The highest BCUT2D eigenvalue weighted by Gasteiger charge is 2.21. The van der Waals surface area contributed by atoms with Gasteiger partial charge in [0.25, 0.3) is 0 Å². The Balaban J connectivity index is 2.57. The van der Waals surface area contributed by atoms with E-state index in [1.807, 2.05) is 30.3 Å². The molecule has 0 spiro atoms. The lowest BCUT2D eigenvalue weighted by atomic mass is 10.0. The van der Waals surface area contributed by atoms with Gasteiger partial charge < -0.3 is 15.9 Å². The molecule has 0 aliphatic rings. The standard InChI is InChI=1S/C10H13NO3/c11-9(10(13)14)8(12)6-7-4-2-1-3-5-7/h1-5,8-9,12H,6,11H2,(H,13,14)/t8-,9-/m1/s1. The van der Waals surface area contributed by atoms with Crippen molar-refractivity contribution in [3.63, 3.8) is 0 Å². The maximum absolute atomic E-state index is 10.4. The predicted molar refractivity (Wildman–Crippen MR) is 51.8 cm³/mol. The number of carboxylic acids is 1. The maximum Gasteiger partial charge on any atom is 0.323 e. The third-order valence-corrected chi connectivity index (χ3v) is 1.99. The third-order valence-electron chi connectivity index (χ3n) is 1.99. The van der Waals surface area contributed by atoms with E-state index in [0.717, 1.165) is 5.56 Å². The maximum atomic E-state index is 10.4. The van der Waals surface area contributed by atoms with Crippen molar-refractivity contribution in [1.29, 1.82) is 0 Å². The van der Waals surface area contributed by atoms with Crippen molar-refractivity contribution in [1.82, 2.24) is 0 Å². The quantitative estimate of drug-likeness (QED) is 0.631. The summed E-state index contributed by atoms with van der Waals surface area (Å²) in [4.78, 5) is 10.4. The van der Waals surface area contributed by atoms with Crippen LogP contribution in [0.25, 0.3) is 0 Å². The van der Waals surface area contributed by atoms with E-state index in [9.17, 15) is 9.90 Å². The average Bonchev–Trinajstić information content (AvgIpc) is 2.18. The number of benzene rings is 1. The van der Waals surface area contributed by atoms with Gasteiger partial charge in [0.2, 0.25) is 0 Å². The molecule has 0 saturated carbocycles. The molecule has 0 aliphatic heterocycles. The van der Waals surface area contributed by atoms with Gasteiger partial charge in [-0.3, -0.25) is 4.79 Å². The first kappa shape index (κ1) is 10.7. The Hall–Kier alpha value is -1.39. The monoisotopic (exact) mass is 195 g/mol. The fourth-order valence-electron chi connectivity index (χ4n) is 1.15. The number of aliphatic hydroxyl groups excluding tert-OH is 1.